The first kappa shape index (κ1) is 21.8. The average molecular weight is 482 g/mol. The van der Waals surface area contributed by atoms with Gasteiger partial charge in [-0.1, -0.05) is 29.5 Å². The summed E-state index contributed by atoms with van der Waals surface area (Å²) in [5, 5.41) is 5.60. The number of piperidine rings is 1. The maximum absolute atomic E-state index is 13.4. The molecule has 10 heteroatoms. The van der Waals surface area contributed by atoms with Crippen LogP contribution < -0.4 is 5.56 Å². The van der Waals surface area contributed by atoms with E-state index in [1.807, 2.05) is 30.9 Å². The van der Waals surface area contributed by atoms with Crippen LogP contribution in [-0.4, -0.2) is 68.0 Å². The lowest BCUT2D eigenvalue weighted by molar-refractivity contribution is -0.187. The summed E-state index contributed by atoms with van der Waals surface area (Å²) in [7, 11) is 0. The Morgan fingerprint density at radius 1 is 1.21 bits per heavy atom. The number of aryl methyl sites for hydroxylation is 2. The third-order valence-corrected chi connectivity index (χ3v) is 8.15. The summed E-state index contributed by atoms with van der Waals surface area (Å²) in [5.74, 6) is 0.209. The van der Waals surface area contributed by atoms with Crippen molar-refractivity contribution >= 4 is 28.7 Å². The van der Waals surface area contributed by atoms with Crippen molar-refractivity contribution in [3.05, 3.63) is 45.9 Å². The van der Waals surface area contributed by atoms with Gasteiger partial charge in [-0.25, -0.2) is 9.67 Å². The molecule has 0 N–H and O–H groups in total. The van der Waals surface area contributed by atoms with Crippen molar-refractivity contribution in [2.75, 3.05) is 32.1 Å². The monoisotopic (exact) mass is 481 g/mol. The zero-order valence-corrected chi connectivity index (χ0v) is 20.1. The van der Waals surface area contributed by atoms with Gasteiger partial charge < -0.3 is 14.4 Å². The molecule has 0 bridgehead atoms. The molecule has 1 atom stereocenters. The molecule has 178 valence electrons. The fourth-order valence-electron chi connectivity index (χ4n) is 5.21. The predicted octanol–water partition coefficient (Wildman–Crippen LogP) is 2.60. The van der Waals surface area contributed by atoms with Crippen LogP contribution >= 0.6 is 11.8 Å². The van der Waals surface area contributed by atoms with Crippen LogP contribution in [0.1, 0.15) is 36.4 Å². The van der Waals surface area contributed by atoms with Crippen LogP contribution in [0.3, 0.4) is 0 Å². The van der Waals surface area contributed by atoms with Gasteiger partial charge in [-0.2, -0.15) is 5.10 Å². The molecule has 1 unspecified atom stereocenters. The Balaban J connectivity index is 1.25. The number of carbonyl (C=O) groups excluding carboxylic acids is 1. The maximum Gasteiger partial charge on any atom is 0.265 e. The molecule has 2 saturated heterocycles. The van der Waals surface area contributed by atoms with Gasteiger partial charge in [-0.05, 0) is 25.5 Å². The van der Waals surface area contributed by atoms with E-state index in [0.717, 1.165) is 11.3 Å². The van der Waals surface area contributed by atoms with Gasteiger partial charge in [0.15, 0.2) is 16.6 Å². The Labute approximate surface area is 201 Å². The van der Waals surface area contributed by atoms with Crippen molar-refractivity contribution in [1.29, 1.82) is 0 Å². The maximum atomic E-state index is 13.4. The first-order valence-electron chi connectivity index (χ1n) is 11.7. The number of hydrogen-bond acceptors (Lipinski definition) is 7. The van der Waals surface area contributed by atoms with Crippen LogP contribution in [0.5, 0.6) is 0 Å². The highest BCUT2D eigenvalue weighted by molar-refractivity contribution is 7.99. The average Bonchev–Trinajstić information content (AvgIpc) is 3.55. The highest BCUT2D eigenvalue weighted by Crippen LogP contribution is 2.35. The lowest BCUT2D eigenvalue weighted by Crippen LogP contribution is -2.47. The van der Waals surface area contributed by atoms with Crippen LogP contribution in [0.25, 0.3) is 16.7 Å². The Morgan fingerprint density at radius 2 is 1.97 bits per heavy atom. The zero-order valence-electron chi connectivity index (χ0n) is 19.3. The third-order valence-electron chi connectivity index (χ3n) is 7.05. The Hall–Kier alpha value is -2.69. The SMILES string of the molecule is Cc1ccc(-n2ncc3c(=O)n4c(nc32)SCC4CC(=O)N2CCC3(CC2)OCCO3)c(C)c1. The molecule has 1 aromatic carbocycles. The van der Waals surface area contributed by atoms with Gasteiger partial charge in [0.05, 0.1) is 31.1 Å². The number of fused-ring (bicyclic) bond motifs is 2. The smallest absolute Gasteiger partial charge is 0.265 e. The minimum atomic E-state index is -0.505. The molecule has 0 radical (unpaired) electrons. The van der Waals surface area contributed by atoms with Gasteiger partial charge in [0.25, 0.3) is 5.56 Å². The molecule has 9 nitrogen and oxygen atoms in total. The van der Waals surface area contributed by atoms with E-state index < -0.39 is 5.79 Å². The fourth-order valence-corrected chi connectivity index (χ4v) is 6.34. The van der Waals surface area contributed by atoms with Crippen molar-refractivity contribution in [3.8, 4) is 5.69 Å². The van der Waals surface area contributed by atoms with Gasteiger partial charge in [-0.15, -0.1) is 0 Å². The fraction of sp³-hybridized carbons (Fsp3) is 0.500. The summed E-state index contributed by atoms with van der Waals surface area (Å²) in [4.78, 5) is 33.2. The molecule has 0 saturated carbocycles. The first-order valence-corrected chi connectivity index (χ1v) is 12.7. The number of likely N-dealkylation sites (tertiary alicyclic amines) is 1. The van der Waals surface area contributed by atoms with Crippen LogP contribution in [0.2, 0.25) is 0 Å². The van der Waals surface area contributed by atoms with Crippen molar-refractivity contribution in [2.24, 2.45) is 0 Å². The normalized spacial score (nSPS) is 21.5. The van der Waals surface area contributed by atoms with E-state index >= 15 is 0 Å². The van der Waals surface area contributed by atoms with E-state index in [1.54, 1.807) is 15.4 Å². The number of nitrogens with zero attached hydrogens (tertiary/aromatic N) is 5. The van der Waals surface area contributed by atoms with Gasteiger partial charge in [-0.3, -0.25) is 14.2 Å². The third kappa shape index (κ3) is 3.55. The molecule has 3 aliphatic rings. The number of benzene rings is 1. The molecule has 2 fully saturated rings. The predicted molar refractivity (Wildman–Crippen MR) is 127 cm³/mol. The van der Waals surface area contributed by atoms with Crippen LogP contribution in [0.4, 0.5) is 0 Å². The van der Waals surface area contributed by atoms with E-state index in [4.69, 9.17) is 14.5 Å². The summed E-state index contributed by atoms with van der Waals surface area (Å²) in [6.07, 6.45) is 3.25. The minimum Gasteiger partial charge on any atom is -0.347 e. The second kappa shape index (κ2) is 8.21. The molecular weight excluding hydrogens is 454 g/mol. The van der Waals surface area contributed by atoms with E-state index in [2.05, 4.69) is 11.2 Å². The molecule has 0 aliphatic carbocycles. The number of thioether (sulfide) groups is 1. The zero-order chi connectivity index (χ0) is 23.4. The highest BCUT2D eigenvalue weighted by atomic mass is 32.2. The Kier molecular flexibility index (Phi) is 5.27. The summed E-state index contributed by atoms with van der Waals surface area (Å²) in [6, 6.07) is 5.91. The molecule has 6 rings (SSSR count). The molecule has 3 aliphatic heterocycles. The first-order chi connectivity index (χ1) is 16.4. The summed E-state index contributed by atoms with van der Waals surface area (Å²) in [5.41, 5.74) is 3.57. The standard InChI is InChI=1S/C24H27N5O4S/c1-15-3-4-19(16(2)11-15)29-21-18(13-25-29)22(31)28-17(14-34-23(28)26-21)12-20(30)27-7-5-24(6-8-27)32-9-10-33-24/h3-4,11,13,17H,5-10,12,14H2,1-2H3. The van der Waals surface area contributed by atoms with Crippen molar-refractivity contribution < 1.29 is 14.3 Å². The molecular formula is C24H27N5O4S. The number of amides is 1. The van der Waals surface area contributed by atoms with Crippen molar-refractivity contribution in [1.82, 2.24) is 24.2 Å². The quantitative estimate of drug-likeness (QED) is 0.531. The number of carbonyl (C=O) groups is 1. The minimum absolute atomic E-state index is 0.0595. The number of ether oxygens (including phenoxy) is 2. The summed E-state index contributed by atoms with van der Waals surface area (Å²) in [6.45, 7) is 6.54. The molecule has 34 heavy (non-hydrogen) atoms. The van der Waals surface area contributed by atoms with Gasteiger partial charge >= 0.3 is 0 Å². The molecule has 1 spiro atoms. The largest absolute Gasteiger partial charge is 0.347 e. The number of aromatic nitrogens is 4. The molecule has 1 amide bonds. The number of hydrogen-bond donors (Lipinski definition) is 0. The van der Waals surface area contributed by atoms with Crippen molar-refractivity contribution in [2.45, 2.75) is 50.1 Å². The molecule has 5 heterocycles. The Bertz CT molecular complexity index is 1330. The van der Waals surface area contributed by atoms with Gasteiger partial charge in [0, 0.05) is 38.1 Å². The van der Waals surface area contributed by atoms with E-state index in [0.29, 0.717) is 61.1 Å². The van der Waals surface area contributed by atoms with Crippen LogP contribution in [0, 0.1) is 13.8 Å². The lowest BCUT2D eigenvalue weighted by atomic mass is 10.0. The van der Waals surface area contributed by atoms with E-state index in [9.17, 15) is 9.59 Å². The van der Waals surface area contributed by atoms with Gasteiger partial charge in [0.1, 0.15) is 5.39 Å². The summed E-state index contributed by atoms with van der Waals surface area (Å²) < 4.78 is 15.0. The van der Waals surface area contributed by atoms with Gasteiger partial charge in [0.2, 0.25) is 5.91 Å². The molecule has 3 aromatic rings. The van der Waals surface area contributed by atoms with E-state index in [1.165, 1.54) is 17.3 Å². The second-order valence-electron chi connectivity index (χ2n) is 9.31. The van der Waals surface area contributed by atoms with Crippen LogP contribution in [0.15, 0.2) is 34.3 Å². The second-order valence-corrected chi connectivity index (χ2v) is 10.3. The van der Waals surface area contributed by atoms with Crippen LogP contribution in [-0.2, 0) is 14.3 Å². The molecule has 2 aromatic heterocycles. The lowest BCUT2D eigenvalue weighted by Gasteiger charge is -2.37. The summed E-state index contributed by atoms with van der Waals surface area (Å²) >= 11 is 1.52. The number of rotatable bonds is 3. The van der Waals surface area contributed by atoms with Crippen molar-refractivity contribution in [3.63, 3.8) is 0 Å². The topological polar surface area (TPSA) is 91.5 Å². The Morgan fingerprint density at radius 3 is 2.71 bits per heavy atom. The van der Waals surface area contributed by atoms with E-state index in [-0.39, 0.29) is 23.9 Å². The highest BCUT2D eigenvalue weighted by Gasteiger charge is 2.41.